The molecular formula is C17H21BrN2. The molecule has 1 saturated carbocycles. The van der Waals surface area contributed by atoms with Gasteiger partial charge in [-0.05, 0) is 37.4 Å². The van der Waals surface area contributed by atoms with E-state index in [0.717, 1.165) is 23.4 Å². The molecule has 0 amide bonds. The molecule has 0 spiro atoms. The SMILES string of the molecule is BrCCCN(Cc1cccc2cccnc12)C1CCC1. The van der Waals surface area contributed by atoms with Crippen molar-refractivity contribution in [2.45, 2.75) is 38.3 Å². The maximum absolute atomic E-state index is 4.58. The molecule has 0 saturated heterocycles. The molecule has 3 rings (SSSR count). The fourth-order valence-corrected chi connectivity index (χ4v) is 3.17. The largest absolute Gasteiger partial charge is 0.296 e. The monoisotopic (exact) mass is 332 g/mol. The first-order valence-electron chi connectivity index (χ1n) is 7.51. The highest BCUT2D eigenvalue weighted by atomic mass is 79.9. The number of aromatic nitrogens is 1. The van der Waals surface area contributed by atoms with Crippen molar-refractivity contribution in [3.8, 4) is 0 Å². The fraction of sp³-hybridized carbons (Fsp3) is 0.471. The number of benzene rings is 1. The normalized spacial score (nSPS) is 15.7. The number of alkyl halides is 1. The van der Waals surface area contributed by atoms with Crippen LogP contribution in [0, 0.1) is 0 Å². The van der Waals surface area contributed by atoms with Crippen LogP contribution in [-0.4, -0.2) is 27.8 Å². The first-order valence-corrected chi connectivity index (χ1v) is 8.63. The van der Waals surface area contributed by atoms with Gasteiger partial charge >= 0.3 is 0 Å². The highest BCUT2D eigenvalue weighted by Gasteiger charge is 2.24. The lowest BCUT2D eigenvalue weighted by atomic mass is 9.91. The molecule has 1 aromatic heterocycles. The minimum Gasteiger partial charge on any atom is -0.296 e. The van der Waals surface area contributed by atoms with Crippen molar-refractivity contribution in [3.63, 3.8) is 0 Å². The molecule has 3 heteroatoms. The lowest BCUT2D eigenvalue weighted by Gasteiger charge is -2.37. The van der Waals surface area contributed by atoms with Crippen molar-refractivity contribution < 1.29 is 0 Å². The Balaban J connectivity index is 1.82. The van der Waals surface area contributed by atoms with E-state index >= 15 is 0 Å². The van der Waals surface area contributed by atoms with Gasteiger partial charge in [0.15, 0.2) is 0 Å². The molecule has 1 fully saturated rings. The van der Waals surface area contributed by atoms with Crippen LogP contribution in [0.15, 0.2) is 36.5 Å². The van der Waals surface area contributed by atoms with Crippen LogP contribution in [0.2, 0.25) is 0 Å². The number of hydrogen-bond donors (Lipinski definition) is 0. The van der Waals surface area contributed by atoms with Crippen LogP contribution in [-0.2, 0) is 6.54 Å². The summed E-state index contributed by atoms with van der Waals surface area (Å²) in [5.41, 5.74) is 2.53. The maximum Gasteiger partial charge on any atom is 0.0746 e. The predicted octanol–water partition coefficient (Wildman–Crippen LogP) is 4.37. The number of hydrogen-bond acceptors (Lipinski definition) is 2. The molecule has 2 aromatic rings. The molecule has 0 unspecified atom stereocenters. The molecule has 0 atom stereocenters. The van der Waals surface area contributed by atoms with E-state index in [1.807, 2.05) is 12.3 Å². The number of para-hydroxylation sites is 1. The highest BCUT2D eigenvalue weighted by molar-refractivity contribution is 9.09. The molecule has 1 aliphatic rings. The molecule has 1 heterocycles. The number of fused-ring (bicyclic) bond motifs is 1. The Kier molecular flexibility index (Phi) is 4.69. The molecule has 0 radical (unpaired) electrons. The summed E-state index contributed by atoms with van der Waals surface area (Å²) < 4.78 is 0. The lowest BCUT2D eigenvalue weighted by Crippen LogP contribution is -2.40. The average molecular weight is 333 g/mol. The lowest BCUT2D eigenvalue weighted by molar-refractivity contribution is 0.120. The Morgan fingerprint density at radius 2 is 2.05 bits per heavy atom. The van der Waals surface area contributed by atoms with Crippen LogP contribution in [0.5, 0.6) is 0 Å². The van der Waals surface area contributed by atoms with Gasteiger partial charge in [-0.3, -0.25) is 9.88 Å². The number of halogens is 1. The van der Waals surface area contributed by atoms with E-state index in [1.54, 1.807) is 0 Å². The standard InChI is InChI=1S/C17H21BrN2/c18-10-4-12-20(16-8-2-9-16)13-15-6-1-5-14-7-3-11-19-17(14)15/h1,3,5-7,11,16H,2,4,8-10,12-13H2. The van der Waals surface area contributed by atoms with E-state index in [2.05, 4.69) is 50.1 Å². The summed E-state index contributed by atoms with van der Waals surface area (Å²) in [6, 6.07) is 11.5. The molecule has 0 N–H and O–H groups in total. The van der Waals surface area contributed by atoms with Gasteiger partial charge in [0.25, 0.3) is 0 Å². The zero-order valence-corrected chi connectivity index (χ0v) is 13.3. The van der Waals surface area contributed by atoms with Crippen LogP contribution >= 0.6 is 15.9 Å². The Hall–Kier alpha value is -0.930. The van der Waals surface area contributed by atoms with E-state index in [1.165, 1.54) is 43.2 Å². The van der Waals surface area contributed by atoms with Crippen molar-refractivity contribution in [2.24, 2.45) is 0 Å². The fourth-order valence-electron chi connectivity index (χ4n) is 2.92. The van der Waals surface area contributed by atoms with E-state index in [4.69, 9.17) is 0 Å². The van der Waals surface area contributed by atoms with Gasteiger partial charge < -0.3 is 0 Å². The molecule has 2 nitrogen and oxygen atoms in total. The third-order valence-corrected chi connectivity index (χ3v) is 4.82. The highest BCUT2D eigenvalue weighted by Crippen LogP contribution is 2.27. The topological polar surface area (TPSA) is 16.1 Å². The average Bonchev–Trinajstić information content (AvgIpc) is 2.43. The van der Waals surface area contributed by atoms with Crippen LogP contribution < -0.4 is 0 Å². The molecule has 1 aliphatic carbocycles. The molecule has 20 heavy (non-hydrogen) atoms. The van der Waals surface area contributed by atoms with Crippen LogP contribution in [0.4, 0.5) is 0 Å². The summed E-state index contributed by atoms with van der Waals surface area (Å²) in [6.07, 6.45) is 7.23. The van der Waals surface area contributed by atoms with E-state index in [0.29, 0.717) is 0 Å². The van der Waals surface area contributed by atoms with E-state index in [-0.39, 0.29) is 0 Å². The summed E-state index contributed by atoms with van der Waals surface area (Å²) >= 11 is 3.55. The van der Waals surface area contributed by atoms with Crippen LogP contribution in [0.1, 0.15) is 31.2 Å². The summed E-state index contributed by atoms with van der Waals surface area (Å²) in [4.78, 5) is 7.23. The summed E-state index contributed by atoms with van der Waals surface area (Å²) in [5, 5.41) is 2.34. The van der Waals surface area contributed by atoms with Gasteiger partial charge in [-0.15, -0.1) is 0 Å². The summed E-state index contributed by atoms with van der Waals surface area (Å²) in [7, 11) is 0. The van der Waals surface area contributed by atoms with Gasteiger partial charge in [0, 0.05) is 29.5 Å². The second kappa shape index (κ2) is 6.68. The summed E-state index contributed by atoms with van der Waals surface area (Å²) in [5.74, 6) is 0. The Morgan fingerprint density at radius 1 is 1.20 bits per heavy atom. The van der Waals surface area contributed by atoms with Gasteiger partial charge in [-0.25, -0.2) is 0 Å². The van der Waals surface area contributed by atoms with Gasteiger partial charge in [0.1, 0.15) is 0 Å². The quantitative estimate of drug-likeness (QED) is 0.730. The Bertz CT molecular complexity index is 560. The van der Waals surface area contributed by atoms with Crippen molar-refractivity contribution in [2.75, 3.05) is 11.9 Å². The number of rotatable bonds is 6. The van der Waals surface area contributed by atoms with Gasteiger partial charge in [-0.2, -0.15) is 0 Å². The van der Waals surface area contributed by atoms with Crippen molar-refractivity contribution >= 4 is 26.8 Å². The zero-order chi connectivity index (χ0) is 13.8. The first kappa shape index (κ1) is 14.0. The van der Waals surface area contributed by atoms with E-state index in [9.17, 15) is 0 Å². The second-order valence-electron chi connectivity index (χ2n) is 5.59. The number of nitrogens with zero attached hydrogens (tertiary/aromatic N) is 2. The third-order valence-electron chi connectivity index (χ3n) is 4.26. The maximum atomic E-state index is 4.58. The van der Waals surface area contributed by atoms with Gasteiger partial charge in [0.2, 0.25) is 0 Å². The van der Waals surface area contributed by atoms with Crippen molar-refractivity contribution in [3.05, 3.63) is 42.1 Å². The predicted molar refractivity (Wildman–Crippen MR) is 88.2 cm³/mol. The smallest absolute Gasteiger partial charge is 0.0746 e. The zero-order valence-electron chi connectivity index (χ0n) is 11.8. The molecule has 0 aliphatic heterocycles. The van der Waals surface area contributed by atoms with Crippen LogP contribution in [0.25, 0.3) is 10.9 Å². The third kappa shape index (κ3) is 3.04. The summed E-state index contributed by atoms with van der Waals surface area (Å²) in [6.45, 7) is 2.21. The molecular weight excluding hydrogens is 312 g/mol. The number of pyridine rings is 1. The Morgan fingerprint density at radius 3 is 2.80 bits per heavy atom. The van der Waals surface area contributed by atoms with E-state index < -0.39 is 0 Å². The van der Waals surface area contributed by atoms with Crippen LogP contribution in [0.3, 0.4) is 0 Å². The molecule has 106 valence electrons. The van der Waals surface area contributed by atoms with Gasteiger partial charge in [0.05, 0.1) is 5.52 Å². The van der Waals surface area contributed by atoms with Crippen molar-refractivity contribution in [1.29, 1.82) is 0 Å². The minimum atomic E-state index is 0.785. The Labute approximate surface area is 129 Å². The second-order valence-corrected chi connectivity index (χ2v) is 6.38. The van der Waals surface area contributed by atoms with Gasteiger partial charge in [-0.1, -0.05) is 46.6 Å². The molecule has 0 bridgehead atoms. The minimum absolute atomic E-state index is 0.785. The van der Waals surface area contributed by atoms with Crippen molar-refractivity contribution in [1.82, 2.24) is 9.88 Å². The molecule has 1 aromatic carbocycles. The first-order chi connectivity index (χ1) is 9.88.